The van der Waals surface area contributed by atoms with E-state index < -0.39 is 0 Å². The summed E-state index contributed by atoms with van der Waals surface area (Å²) in [6.07, 6.45) is 2.63. The third kappa shape index (κ3) is 2.22. The maximum Gasteiger partial charge on any atom is 0.205 e. The van der Waals surface area contributed by atoms with Crippen LogP contribution in [0, 0.1) is 6.92 Å². The fraction of sp³-hybridized carbons (Fsp3) is 0.778. The summed E-state index contributed by atoms with van der Waals surface area (Å²) in [5.74, 6) is 0. The van der Waals surface area contributed by atoms with Gasteiger partial charge in [0.25, 0.3) is 0 Å². The van der Waals surface area contributed by atoms with Gasteiger partial charge in [-0.05, 0) is 26.7 Å². The maximum atomic E-state index is 5.48. The summed E-state index contributed by atoms with van der Waals surface area (Å²) >= 11 is 1.61. The lowest BCUT2D eigenvalue weighted by atomic mass is 9.89. The third-order valence-electron chi connectivity index (χ3n) is 2.35. The molecule has 0 atom stereocenters. The zero-order valence-corrected chi connectivity index (χ0v) is 9.30. The van der Waals surface area contributed by atoms with Crippen LogP contribution in [0.1, 0.15) is 24.8 Å². The molecule has 0 bridgehead atoms. The Labute approximate surface area is 87.7 Å². The highest BCUT2D eigenvalue weighted by atomic mass is 32.1. The normalized spacial score (nSPS) is 25.9. The smallest absolute Gasteiger partial charge is 0.205 e. The predicted octanol–water partition coefficient (Wildman–Crippen LogP) is 1.83. The van der Waals surface area contributed by atoms with Crippen molar-refractivity contribution < 1.29 is 4.74 Å². The van der Waals surface area contributed by atoms with Gasteiger partial charge in [-0.1, -0.05) is 11.3 Å². The molecule has 0 saturated heterocycles. The molecule has 0 amide bonds. The van der Waals surface area contributed by atoms with Crippen LogP contribution in [0.5, 0.6) is 0 Å². The van der Waals surface area contributed by atoms with Crippen LogP contribution >= 0.6 is 11.3 Å². The zero-order chi connectivity index (χ0) is 9.97. The molecular weight excluding hydrogens is 198 g/mol. The molecule has 1 N–H and O–H groups in total. The van der Waals surface area contributed by atoms with Gasteiger partial charge in [0, 0.05) is 12.6 Å². The average Bonchev–Trinajstić information content (AvgIpc) is 2.48. The first-order valence-electron chi connectivity index (χ1n) is 4.96. The number of anilines is 1. The summed E-state index contributed by atoms with van der Waals surface area (Å²) in [5, 5.41) is 13.3. The Bertz CT molecular complexity index is 296. The molecule has 78 valence electrons. The van der Waals surface area contributed by atoms with E-state index in [9.17, 15) is 0 Å². The van der Waals surface area contributed by atoms with Gasteiger partial charge >= 0.3 is 0 Å². The van der Waals surface area contributed by atoms with E-state index in [4.69, 9.17) is 4.74 Å². The Kier molecular flexibility index (Phi) is 2.98. The van der Waals surface area contributed by atoms with Gasteiger partial charge in [0.15, 0.2) is 0 Å². The molecule has 1 heterocycles. The van der Waals surface area contributed by atoms with Crippen molar-refractivity contribution >= 4 is 16.5 Å². The molecule has 2 rings (SSSR count). The third-order valence-corrected chi connectivity index (χ3v) is 3.12. The van der Waals surface area contributed by atoms with Crippen molar-refractivity contribution in [2.24, 2.45) is 0 Å². The number of ether oxygens (including phenoxy) is 1. The summed E-state index contributed by atoms with van der Waals surface area (Å²) in [7, 11) is 0. The topological polar surface area (TPSA) is 47.0 Å². The number of nitrogens with one attached hydrogen (secondary N) is 1. The fourth-order valence-corrected chi connectivity index (χ4v) is 2.25. The fourth-order valence-electron chi connectivity index (χ4n) is 1.58. The molecule has 0 radical (unpaired) electrons. The Hall–Kier alpha value is -0.680. The van der Waals surface area contributed by atoms with Gasteiger partial charge in [-0.2, -0.15) is 0 Å². The van der Waals surface area contributed by atoms with Crippen LogP contribution < -0.4 is 5.32 Å². The van der Waals surface area contributed by atoms with Crippen molar-refractivity contribution in [3.63, 3.8) is 0 Å². The number of nitrogens with zero attached hydrogens (tertiary/aromatic N) is 2. The predicted molar refractivity (Wildman–Crippen MR) is 56.7 cm³/mol. The lowest BCUT2D eigenvalue weighted by Crippen LogP contribution is -2.40. The lowest BCUT2D eigenvalue weighted by molar-refractivity contribution is 0.00298. The first kappa shape index (κ1) is 9.86. The van der Waals surface area contributed by atoms with Gasteiger partial charge in [-0.15, -0.1) is 10.2 Å². The van der Waals surface area contributed by atoms with Crippen molar-refractivity contribution in [3.05, 3.63) is 5.01 Å². The Morgan fingerprint density at radius 1 is 1.50 bits per heavy atom. The van der Waals surface area contributed by atoms with Gasteiger partial charge in [0.05, 0.1) is 6.10 Å². The van der Waals surface area contributed by atoms with E-state index in [0.29, 0.717) is 12.1 Å². The minimum atomic E-state index is 0.450. The van der Waals surface area contributed by atoms with E-state index in [2.05, 4.69) is 15.5 Å². The largest absolute Gasteiger partial charge is 0.378 e. The second-order valence-corrected chi connectivity index (χ2v) is 4.70. The number of hydrogen-bond acceptors (Lipinski definition) is 5. The Morgan fingerprint density at radius 2 is 2.29 bits per heavy atom. The molecule has 0 aromatic carbocycles. The van der Waals surface area contributed by atoms with Crippen molar-refractivity contribution in [1.82, 2.24) is 10.2 Å². The number of hydrogen-bond donors (Lipinski definition) is 1. The van der Waals surface area contributed by atoms with Gasteiger partial charge in [0.1, 0.15) is 5.01 Å². The number of aromatic nitrogens is 2. The van der Waals surface area contributed by atoms with Crippen LogP contribution in [-0.2, 0) is 4.74 Å². The second kappa shape index (κ2) is 4.23. The summed E-state index contributed by atoms with van der Waals surface area (Å²) in [5.41, 5.74) is 0. The number of rotatable bonds is 4. The summed E-state index contributed by atoms with van der Waals surface area (Å²) in [6, 6.07) is 0.527. The lowest BCUT2D eigenvalue weighted by Gasteiger charge is -2.35. The molecule has 14 heavy (non-hydrogen) atoms. The van der Waals surface area contributed by atoms with Crippen molar-refractivity contribution in [3.8, 4) is 0 Å². The first-order chi connectivity index (χ1) is 6.78. The molecule has 4 nitrogen and oxygen atoms in total. The molecule has 0 spiro atoms. The van der Waals surface area contributed by atoms with E-state index in [0.717, 1.165) is 29.6 Å². The van der Waals surface area contributed by atoms with Crippen LogP contribution in [-0.4, -0.2) is 29.0 Å². The molecule has 0 aliphatic heterocycles. The van der Waals surface area contributed by atoms with Crippen LogP contribution in [0.4, 0.5) is 5.13 Å². The standard InChI is InChI=1S/C9H15N3OS/c1-3-13-8-4-7(5-8)10-9-12-11-6(2)14-9/h7-8H,3-5H2,1-2H3,(H,10,12). The highest BCUT2D eigenvalue weighted by Gasteiger charge is 2.29. The van der Waals surface area contributed by atoms with Crippen LogP contribution in [0.15, 0.2) is 0 Å². The van der Waals surface area contributed by atoms with E-state index in [1.54, 1.807) is 11.3 Å². The first-order valence-corrected chi connectivity index (χ1v) is 5.78. The van der Waals surface area contributed by atoms with Crippen molar-refractivity contribution in [2.75, 3.05) is 11.9 Å². The molecular formula is C9H15N3OS. The highest BCUT2D eigenvalue weighted by Crippen LogP contribution is 2.27. The Morgan fingerprint density at radius 3 is 2.86 bits per heavy atom. The molecule has 1 fully saturated rings. The van der Waals surface area contributed by atoms with Gasteiger partial charge in [-0.25, -0.2) is 0 Å². The van der Waals surface area contributed by atoms with Gasteiger partial charge < -0.3 is 10.1 Å². The molecule has 5 heteroatoms. The summed E-state index contributed by atoms with van der Waals surface area (Å²) in [4.78, 5) is 0. The van der Waals surface area contributed by atoms with Gasteiger partial charge in [-0.3, -0.25) is 0 Å². The second-order valence-electron chi connectivity index (χ2n) is 3.52. The van der Waals surface area contributed by atoms with E-state index >= 15 is 0 Å². The minimum Gasteiger partial charge on any atom is -0.378 e. The van der Waals surface area contributed by atoms with E-state index in [1.807, 2.05) is 13.8 Å². The van der Waals surface area contributed by atoms with Crippen molar-refractivity contribution in [2.45, 2.75) is 38.8 Å². The molecule has 1 aromatic heterocycles. The zero-order valence-electron chi connectivity index (χ0n) is 8.49. The molecule has 1 aliphatic carbocycles. The number of aryl methyl sites for hydroxylation is 1. The molecule has 1 aromatic rings. The summed E-state index contributed by atoms with van der Waals surface area (Å²) < 4.78 is 5.48. The van der Waals surface area contributed by atoms with Gasteiger partial charge in [0.2, 0.25) is 5.13 Å². The van der Waals surface area contributed by atoms with Crippen LogP contribution in [0.2, 0.25) is 0 Å². The molecule has 0 unspecified atom stereocenters. The van der Waals surface area contributed by atoms with E-state index in [-0.39, 0.29) is 0 Å². The monoisotopic (exact) mass is 213 g/mol. The highest BCUT2D eigenvalue weighted by molar-refractivity contribution is 7.15. The quantitative estimate of drug-likeness (QED) is 0.829. The van der Waals surface area contributed by atoms with Crippen LogP contribution in [0.25, 0.3) is 0 Å². The molecule has 1 saturated carbocycles. The Balaban J connectivity index is 1.74. The minimum absolute atomic E-state index is 0.450. The van der Waals surface area contributed by atoms with E-state index in [1.165, 1.54) is 0 Å². The summed E-state index contributed by atoms with van der Waals surface area (Å²) in [6.45, 7) is 4.82. The average molecular weight is 213 g/mol. The maximum absolute atomic E-state index is 5.48. The molecule has 1 aliphatic rings. The SMILES string of the molecule is CCOC1CC(Nc2nnc(C)s2)C1. The van der Waals surface area contributed by atoms with Crippen LogP contribution in [0.3, 0.4) is 0 Å². The van der Waals surface area contributed by atoms with Crippen molar-refractivity contribution in [1.29, 1.82) is 0 Å².